The molecule has 164 valence electrons. The van der Waals surface area contributed by atoms with Crippen LogP contribution in [-0.4, -0.2) is 56.7 Å². The number of piperidine rings is 1. The first-order chi connectivity index (χ1) is 13.6. The average molecular weight is 518 g/mol. The molecule has 0 radical (unpaired) electrons. The third kappa shape index (κ3) is 7.91. The van der Waals surface area contributed by atoms with Gasteiger partial charge < -0.3 is 25.0 Å². The van der Waals surface area contributed by atoms with Crippen LogP contribution in [-0.2, 0) is 11.3 Å². The summed E-state index contributed by atoms with van der Waals surface area (Å²) < 4.78 is 10.6. The molecule has 7 nitrogen and oxygen atoms in total. The van der Waals surface area contributed by atoms with Gasteiger partial charge in [0.2, 0.25) is 5.91 Å². The molecule has 0 spiro atoms. The predicted octanol–water partition coefficient (Wildman–Crippen LogP) is 3.17. The van der Waals surface area contributed by atoms with Gasteiger partial charge in [-0.05, 0) is 50.8 Å². The first-order valence-electron chi connectivity index (χ1n) is 10.1. The average Bonchev–Trinajstić information content (AvgIpc) is 2.71. The molecule has 1 aromatic rings. The van der Waals surface area contributed by atoms with Crippen molar-refractivity contribution in [1.82, 2.24) is 15.5 Å². The van der Waals surface area contributed by atoms with Gasteiger partial charge in [-0.15, -0.1) is 24.0 Å². The number of aliphatic imine (C=N–C) groups is 1. The molecule has 0 aromatic heterocycles. The third-order valence-corrected chi connectivity index (χ3v) is 4.97. The molecule has 2 rings (SSSR count). The summed E-state index contributed by atoms with van der Waals surface area (Å²) in [5.41, 5.74) is 1.02. The van der Waals surface area contributed by atoms with Crippen molar-refractivity contribution >= 4 is 35.8 Å². The van der Waals surface area contributed by atoms with E-state index in [1.54, 1.807) is 14.2 Å². The van der Waals surface area contributed by atoms with Gasteiger partial charge in [0.15, 0.2) is 17.5 Å². The van der Waals surface area contributed by atoms with Crippen LogP contribution in [0.2, 0.25) is 0 Å². The lowest BCUT2D eigenvalue weighted by molar-refractivity contribution is -0.134. The lowest BCUT2D eigenvalue weighted by Crippen LogP contribution is -2.44. The number of guanidine groups is 1. The zero-order chi connectivity index (χ0) is 20.4. The molecule has 1 heterocycles. The summed E-state index contributed by atoms with van der Waals surface area (Å²) in [7, 11) is 3.24. The number of likely N-dealkylation sites (tertiary alicyclic amines) is 1. The van der Waals surface area contributed by atoms with Gasteiger partial charge in [0.25, 0.3) is 0 Å². The monoisotopic (exact) mass is 518 g/mol. The van der Waals surface area contributed by atoms with E-state index in [0.717, 1.165) is 31.5 Å². The maximum Gasteiger partial charge on any atom is 0.224 e. The number of amides is 1. The van der Waals surface area contributed by atoms with Crippen molar-refractivity contribution in [2.45, 2.75) is 52.1 Å². The lowest BCUT2D eigenvalue weighted by Gasteiger charge is -2.33. The smallest absolute Gasteiger partial charge is 0.224 e. The number of rotatable bonds is 8. The fourth-order valence-electron chi connectivity index (χ4n) is 3.39. The molecular formula is C21H35IN4O3. The summed E-state index contributed by atoms with van der Waals surface area (Å²) in [6, 6.07) is 6.12. The summed E-state index contributed by atoms with van der Waals surface area (Å²) in [4.78, 5) is 19.1. The van der Waals surface area contributed by atoms with Crippen molar-refractivity contribution in [2.75, 3.05) is 33.9 Å². The molecule has 1 amide bonds. The molecule has 1 aliphatic heterocycles. The number of benzene rings is 1. The Hall–Kier alpha value is -1.71. The van der Waals surface area contributed by atoms with Crippen LogP contribution in [0.15, 0.2) is 23.2 Å². The van der Waals surface area contributed by atoms with E-state index >= 15 is 0 Å². The summed E-state index contributed by atoms with van der Waals surface area (Å²) in [6.45, 7) is 6.88. The molecule has 0 bridgehead atoms. The van der Waals surface area contributed by atoms with Crippen molar-refractivity contribution in [3.05, 3.63) is 23.8 Å². The molecular weight excluding hydrogens is 483 g/mol. The number of carbonyl (C=O) groups excluding carboxylic acids is 1. The highest BCUT2D eigenvalue weighted by Gasteiger charge is 2.22. The van der Waals surface area contributed by atoms with Crippen LogP contribution in [0.4, 0.5) is 0 Å². The van der Waals surface area contributed by atoms with E-state index in [-0.39, 0.29) is 29.9 Å². The van der Waals surface area contributed by atoms with E-state index < -0.39 is 0 Å². The van der Waals surface area contributed by atoms with Crippen molar-refractivity contribution in [3.63, 3.8) is 0 Å². The molecule has 2 N–H and O–H groups in total. The Balaban J connectivity index is 0.00000420. The van der Waals surface area contributed by atoms with Gasteiger partial charge in [0.1, 0.15) is 0 Å². The van der Waals surface area contributed by atoms with E-state index in [4.69, 9.17) is 9.47 Å². The predicted molar refractivity (Wildman–Crippen MR) is 127 cm³/mol. The van der Waals surface area contributed by atoms with Gasteiger partial charge in [-0.2, -0.15) is 0 Å². The fraction of sp³-hybridized carbons (Fsp3) is 0.619. The summed E-state index contributed by atoms with van der Waals surface area (Å²) in [5.74, 6) is 2.31. The van der Waals surface area contributed by atoms with Gasteiger partial charge >= 0.3 is 0 Å². The lowest BCUT2D eigenvalue weighted by atomic mass is 10.0. The Bertz CT molecular complexity index is 669. The maximum absolute atomic E-state index is 12.5. The van der Waals surface area contributed by atoms with Crippen LogP contribution < -0.4 is 20.1 Å². The van der Waals surface area contributed by atoms with E-state index in [2.05, 4.69) is 22.5 Å². The minimum Gasteiger partial charge on any atom is -0.493 e. The van der Waals surface area contributed by atoms with Crippen molar-refractivity contribution in [2.24, 2.45) is 4.99 Å². The number of methoxy groups -OCH3 is 2. The third-order valence-electron chi connectivity index (χ3n) is 4.97. The molecule has 0 saturated carbocycles. The highest BCUT2D eigenvalue weighted by molar-refractivity contribution is 14.0. The summed E-state index contributed by atoms with van der Waals surface area (Å²) in [5, 5.41) is 6.49. The largest absolute Gasteiger partial charge is 0.493 e. The summed E-state index contributed by atoms with van der Waals surface area (Å²) in [6.07, 6.45) is 3.91. The first-order valence-corrected chi connectivity index (χ1v) is 10.1. The zero-order valence-corrected chi connectivity index (χ0v) is 20.3. The van der Waals surface area contributed by atoms with Gasteiger partial charge in [0.05, 0.1) is 20.8 Å². The molecule has 1 unspecified atom stereocenters. The Morgan fingerprint density at radius 2 is 1.97 bits per heavy atom. The standard InChI is InChI=1S/C21H34N4O3.HI/c1-5-22-21(23-12-11-20(26)25-13-7-6-8-16(25)2)24-15-17-9-10-18(27-3)19(14-17)28-4;/h9-10,14,16H,5-8,11-13,15H2,1-4H3,(H2,22,23,24);1H. The van der Waals surface area contributed by atoms with Gasteiger partial charge in [0, 0.05) is 32.1 Å². The van der Waals surface area contributed by atoms with Crippen LogP contribution >= 0.6 is 24.0 Å². The normalized spacial score (nSPS) is 16.6. The van der Waals surface area contributed by atoms with Gasteiger partial charge in [-0.25, -0.2) is 4.99 Å². The van der Waals surface area contributed by atoms with Crippen LogP contribution in [0.3, 0.4) is 0 Å². The second-order valence-electron chi connectivity index (χ2n) is 6.99. The number of carbonyl (C=O) groups is 1. The first kappa shape index (κ1) is 25.3. The molecule has 1 aliphatic rings. The number of hydrogen-bond donors (Lipinski definition) is 2. The van der Waals surface area contributed by atoms with Crippen molar-refractivity contribution < 1.29 is 14.3 Å². The molecule has 8 heteroatoms. The minimum atomic E-state index is 0. The second-order valence-corrected chi connectivity index (χ2v) is 6.99. The Morgan fingerprint density at radius 1 is 1.21 bits per heavy atom. The highest BCUT2D eigenvalue weighted by atomic mass is 127. The Kier molecular flexibility index (Phi) is 11.8. The Morgan fingerprint density at radius 3 is 2.62 bits per heavy atom. The van der Waals surface area contributed by atoms with E-state index in [1.807, 2.05) is 30.0 Å². The number of nitrogens with zero attached hydrogens (tertiary/aromatic N) is 2. The minimum absolute atomic E-state index is 0. The fourth-order valence-corrected chi connectivity index (χ4v) is 3.39. The second kappa shape index (κ2) is 13.5. The van der Waals surface area contributed by atoms with Crippen molar-refractivity contribution in [3.8, 4) is 11.5 Å². The molecule has 29 heavy (non-hydrogen) atoms. The molecule has 1 aromatic carbocycles. The van der Waals surface area contributed by atoms with Crippen LogP contribution in [0.5, 0.6) is 11.5 Å². The van der Waals surface area contributed by atoms with E-state index in [9.17, 15) is 4.79 Å². The van der Waals surface area contributed by atoms with Gasteiger partial charge in [-0.1, -0.05) is 6.07 Å². The van der Waals surface area contributed by atoms with E-state index in [0.29, 0.717) is 43.0 Å². The quantitative estimate of drug-likeness (QED) is 0.314. The number of halogens is 1. The molecule has 0 aliphatic carbocycles. The number of nitrogens with one attached hydrogen (secondary N) is 2. The summed E-state index contributed by atoms with van der Waals surface area (Å²) >= 11 is 0. The number of ether oxygens (including phenoxy) is 2. The number of hydrogen-bond acceptors (Lipinski definition) is 4. The highest BCUT2D eigenvalue weighted by Crippen LogP contribution is 2.27. The van der Waals surface area contributed by atoms with Crippen LogP contribution in [0.25, 0.3) is 0 Å². The van der Waals surface area contributed by atoms with Crippen LogP contribution in [0, 0.1) is 0 Å². The maximum atomic E-state index is 12.5. The molecule has 1 fully saturated rings. The van der Waals surface area contributed by atoms with Crippen LogP contribution in [0.1, 0.15) is 45.1 Å². The van der Waals surface area contributed by atoms with E-state index in [1.165, 1.54) is 6.42 Å². The van der Waals surface area contributed by atoms with Gasteiger partial charge in [-0.3, -0.25) is 4.79 Å². The topological polar surface area (TPSA) is 75.2 Å². The van der Waals surface area contributed by atoms with Crippen molar-refractivity contribution in [1.29, 1.82) is 0 Å². The zero-order valence-electron chi connectivity index (χ0n) is 18.0. The Labute approximate surface area is 191 Å². The SMILES string of the molecule is CCNC(=NCc1ccc(OC)c(OC)c1)NCCC(=O)N1CCCCC1C.I. The molecule has 1 saturated heterocycles. The molecule has 1 atom stereocenters.